The van der Waals surface area contributed by atoms with E-state index >= 15 is 0 Å². The van der Waals surface area contributed by atoms with E-state index in [0.29, 0.717) is 23.6 Å². The van der Waals surface area contributed by atoms with Crippen LogP contribution in [-0.2, 0) is 0 Å². The Balaban J connectivity index is 1.99. The number of rotatable bonds is 3. The zero-order chi connectivity index (χ0) is 18.0. The van der Waals surface area contributed by atoms with Crippen molar-refractivity contribution in [2.24, 2.45) is 11.8 Å². The molecule has 2 aliphatic rings. The van der Waals surface area contributed by atoms with Crippen molar-refractivity contribution in [3.63, 3.8) is 0 Å². The maximum Gasteiger partial charge on any atom is 0.353 e. The third-order valence-electron chi connectivity index (χ3n) is 5.12. The summed E-state index contributed by atoms with van der Waals surface area (Å²) in [4.78, 5) is 24.2. The van der Waals surface area contributed by atoms with Gasteiger partial charge >= 0.3 is 5.69 Å². The lowest BCUT2D eigenvalue weighted by atomic mass is 9.92. The second-order valence-electron chi connectivity index (χ2n) is 7.59. The predicted octanol–water partition coefficient (Wildman–Crippen LogP) is 2.83. The maximum atomic E-state index is 11.6. The highest BCUT2D eigenvalue weighted by Gasteiger charge is 2.31. The molecule has 0 saturated carbocycles. The molecule has 3 rings (SSSR count). The van der Waals surface area contributed by atoms with E-state index in [0.717, 1.165) is 51.9 Å². The van der Waals surface area contributed by atoms with E-state index in [9.17, 15) is 10.1 Å². The normalized spacial score (nSPS) is 24.9. The molecule has 138 valence electrons. The molecule has 1 aromatic rings. The lowest BCUT2D eigenvalue weighted by molar-refractivity contribution is -0.383. The summed E-state index contributed by atoms with van der Waals surface area (Å²) in [5.74, 6) is 1.98. The van der Waals surface area contributed by atoms with Crippen molar-refractivity contribution in [1.29, 1.82) is 0 Å². The number of piperidine rings is 1. The summed E-state index contributed by atoms with van der Waals surface area (Å²) in [6, 6.07) is 0. The van der Waals surface area contributed by atoms with Gasteiger partial charge in [0.05, 0.1) is 4.92 Å². The van der Waals surface area contributed by atoms with Crippen molar-refractivity contribution >= 4 is 23.3 Å². The Bertz CT molecular complexity index is 620. The first-order chi connectivity index (χ1) is 12.0. The molecule has 0 bridgehead atoms. The molecule has 3 heterocycles. The van der Waals surface area contributed by atoms with Crippen molar-refractivity contribution in [1.82, 2.24) is 9.97 Å². The van der Waals surface area contributed by atoms with Gasteiger partial charge in [-0.15, -0.1) is 0 Å². The lowest BCUT2D eigenvalue weighted by Crippen LogP contribution is -2.40. The summed E-state index contributed by atoms with van der Waals surface area (Å²) in [5.41, 5.74) is 5.85. The average Bonchev–Trinajstić information content (AvgIpc) is 2.82. The molecule has 0 amide bonds. The monoisotopic (exact) mass is 348 g/mol. The fourth-order valence-electron chi connectivity index (χ4n) is 4.09. The molecule has 0 radical (unpaired) electrons. The molecule has 2 N–H and O–H groups in total. The third-order valence-corrected chi connectivity index (χ3v) is 5.12. The van der Waals surface area contributed by atoms with Gasteiger partial charge in [-0.25, -0.2) is 0 Å². The number of nitro groups is 1. The number of nitrogens with zero attached hydrogens (tertiary/aromatic N) is 5. The molecule has 0 aromatic carbocycles. The van der Waals surface area contributed by atoms with Crippen LogP contribution in [0.2, 0.25) is 0 Å². The first-order valence-electron chi connectivity index (χ1n) is 9.27. The van der Waals surface area contributed by atoms with Gasteiger partial charge in [0.15, 0.2) is 0 Å². The minimum absolute atomic E-state index is 0.0277. The topological polar surface area (TPSA) is 101 Å². The summed E-state index contributed by atoms with van der Waals surface area (Å²) in [6.45, 7) is 7.72. The number of aromatic nitrogens is 2. The zero-order valence-corrected chi connectivity index (χ0v) is 15.1. The highest BCUT2D eigenvalue weighted by atomic mass is 16.6. The van der Waals surface area contributed by atoms with Gasteiger partial charge < -0.3 is 15.5 Å². The third kappa shape index (κ3) is 3.93. The Morgan fingerprint density at radius 2 is 1.64 bits per heavy atom. The van der Waals surface area contributed by atoms with E-state index in [-0.39, 0.29) is 11.5 Å². The van der Waals surface area contributed by atoms with Crippen LogP contribution in [0.25, 0.3) is 0 Å². The Labute approximate surface area is 148 Å². The summed E-state index contributed by atoms with van der Waals surface area (Å²) < 4.78 is 0. The average molecular weight is 348 g/mol. The van der Waals surface area contributed by atoms with Crippen molar-refractivity contribution < 1.29 is 4.92 Å². The SMILES string of the molecule is CC1CC(C)CN(c2nc(N)c([N+](=O)[O-])c(N3CCCCCC3)n2)C1. The molecule has 1 aromatic heterocycles. The van der Waals surface area contributed by atoms with Crippen LogP contribution in [-0.4, -0.2) is 41.1 Å². The van der Waals surface area contributed by atoms with E-state index in [1.165, 1.54) is 6.42 Å². The molecule has 2 unspecified atom stereocenters. The van der Waals surface area contributed by atoms with E-state index in [1.54, 1.807) is 0 Å². The van der Waals surface area contributed by atoms with E-state index in [2.05, 4.69) is 28.7 Å². The van der Waals surface area contributed by atoms with Gasteiger partial charge in [0, 0.05) is 26.2 Å². The van der Waals surface area contributed by atoms with Crippen LogP contribution in [0.5, 0.6) is 0 Å². The van der Waals surface area contributed by atoms with Crippen molar-refractivity contribution in [2.75, 3.05) is 41.7 Å². The van der Waals surface area contributed by atoms with Crippen molar-refractivity contribution in [3.05, 3.63) is 10.1 Å². The Kier molecular flexibility index (Phi) is 5.24. The molecule has 2 atom stereocenters. The van der Waals surface area contributed by atoms with Crippen LogP contribution >= 0.6 is 0 Å². The molecule has 2 fully saturated rings. The Hall–Kier alpha value is -2.12. The van der Waals surface area contributed by atoms with E-state index in [4.69, 9.17) is 5.73 Å². The highest BCUT2D eigenvalue weighted by molar-refractivity contribution is 5.71. The number of hydrogen-bond acceptors (Lipinski definition) is 7. The minimum atomic E-state index is -0.444. The van der Waals surface area contributed by atoms with Crippen molar-refractivity contribution in [2.45, 2.75) is 46.0 Å². The molecule has 25 heavy (non-hydrogen) atoms. The quantitative estimate of drug-likeness (QED) is 0.662. The Morgan fingerprint density at radius 3 is 2.20 bits per heavy atom. The molecular formula is C17H28N6O2. The smallest absolute Gasteiger partial charge is 0.353 e. The molecule has 8 nitrogen and oxygen atoms in total. The van der Waals surface area contributed by atoms with Crippen LogP contribution in [0.15, 0.2) is 0 Å². The molecule has 0 spiro atoms. The molecule has 2 aliphatic heterocycles. The van der Waals surface area contributed by atoms with Crippen LogP contribution in [0.4, 0.5) is 23.3 Å². The standard InChI is InChI=1S/C17H28N6O2/c1-12-9-13(2)11-22(10-12)17-19-15(18)14(23(24)25)16(20-17)21-7-5-3-4-6-8-21/h12-13H,3-11H2,1-2H3,(H2,18,19,20). The number of anilines is 3. The molecule has 8 heteroatoms. The summed E-state index contributed by atoms with van der Waals surface area (Å²) in [6.07, 6.45) is 5.53. The van der Waals surface area contributed by atoms with E-state index < -0.39 is 4.92 Å². The lowest BCUT2D eigenvalue weighted by Gasteiger charge is -2.35. The van der Waals surface area contributed by atoms with Crippen LogP contribution in [0.3, 0.4) is 0 Å². The van der Waals surface area contributed by atoms with Gasteiger partial charge in [0.2, 0.25) is 17.6 Å². The van der Waals surface area contributed by atoms with E-state index in [1.807, 2.05) is 4.90 Å². The van der Waals surface area contributed by atoms with Gasteiger partial charge in [-0.1, -0.05) is 26.7 Å². The molecule has 2 saturated heterocycles. The van der Waals surface area contributed by atoms with Gasteiger partial charge in [-0.2, -0.15) is 9.97 Å². The first kappa shape index (κ1) is 17.7. The van der Waals surface area contributed by atoms with Gasteiger partial charge in [-0.3, -0.25) is 10.1 Å². The van der Waals surface area contributed by atoms with Gasteiger partial charge in [-0.05, 0) is 31.1 Å². The maximum absolute atomic E-state index is 11.6. The molecular weight excluding hydrogens is 320 g/mol. The number of hydrogen-bond donors (Lipinski definition) is 1. The second kappa shape index (κ2) is 7.41. The number of nitrogens with two attached hydrogens (primary N) is 1. The minimum Gasteiger partial charge on any atom is -0.378 e. The second-order valence-corrected chi connectivity index (χ2v) is 7.59. The van der Waals surface area contributed by atoms with Crippen LogP contribution < -0.4 is 15.5 Å². The molecule has 0 aliphatic carbocycles. The van der Waals surface area contributed by atoms with Crippen LogP contribution in [0.1, 0.15) is 46.0 Å². The van der Waals surface area contributed by atoms with Crippen LogP contribution in [0, 0.1) is 22.0 Å². The summed E-state index contributed by atoms with van der Waals surface area (Å²) in [7, 11) is 0. The Morgan fingerprint density at radius 1 is 1.04 bits per heavy atom. The van der Waals surface area contributed by atoms with Gasteiger partial charge in [0.1, 0.15) is 0 Å². The predicted molar refractivity (Wildman–Crippen MR) is 98.9 cm³/mol. The summed E-state index contributed by atoms with van der Waals surface area (Å²) in [5, 5.41) is 11.6. The van der Waals surface area contributed by atoms with Crippen molar-refractivity contribution in [3.8, 4) is 0 Å². The fraction of sp³-hybridized carbons (Fsp3) is 0.765. The summed E-state index contributed by atoms with van der Waals surface area (Å²) >= 11 is 0. The fourth-order valence-corrected chi connectivity index (χ4v) is 4.09. The largest absolute Gasteiger partial charge is 0.378 e. The number of nitrogen functional groups attached to an aromatic ring is 1. The van der Waals surface area contributed by atoms with Gasteiger partial charge in [0.25, 0.3) is 0 Å². The first-order valence-corrected chi connectivity index (χ1v) is 9.27. The highest BCUT2D eigenvalue weighted by Crippen LogP contribution is 2.35. The zero-order valence-electron chi connectivity index (χ0n) is 15.1.